The summed E-state index contributed by atoms with van der Waals surface area (Å²) in [6, 6.07) is 1.42. The molecule has 1 saturated heterocycles. The second-order valence-corrected chi connectivity index (χ2v) is 5.66. The van der Waals surface area contributed by atoms with Crippen molar-refractivity contribution in [1.29, 1.82) is 0 Å². The largest absolute Gasteiger partial charge is 0.481 e. The van der Waals surface area contributed by atoms with Crippen LogP contribution in [0.25, 0.3) is 0 Å². The molecule has 1 atom stereocenters. The average molecular weight is 344 g/mol. The molecule has 0 aliphatic carbocycles. The molecule has 1 aliphatic rings. The molecule has 1 N–H and O–H groups in total. The smallest absolute Gasteiger partial charge is 0.303 e. The molecule has 0 spiro atoms. The van der Waals surface area contributed by atoms with E-state index in [0.29, 0.717) is 16.8 Å². The summed E-state index contributed by atoms with van der Waals surface area (Å²) in [5.41, 5.74) is -0.0697. The van der Waals surface area contributed by atoms with E-state index >= 15 is 0 Å². The zero-order chi connectivity index (χ0) is 14.7. The van der Waals surface area contributed by atoms with Gasteiger partial charge in [-0.25, -0.2) is 4.98 Å². The molecule has 108 valence electrons. The van der Waals surface area contributed by atoms with Gasteiger partial charge < -0.3 is 10.0 Å². The molecule has 1 aromatic heterocycles. The van der Waals surface area contributed by atoms with E-state index in [1.54, 1.807) is 0 Å². The van der Waals surface area contributed by atoms with Crippen molar-refractivity contribution < 1.29 is 14.8 Å². The number of aromatic nitrogens is 1. The number of nitro groups is 1. The van der Waals surface area contributed by atoms with E-state index in [1.807, 2.05) is 4.90 Å². The lowest BCUT2D eigenvalue weighted by molar-refractivity contribution is -0.385. The highest BCUT2D eigenvalue weighted by Gasteiger charge is 2.24. The van der Waals surface area contributed by atoms with Gasteiger partial charge in [0.15, 0.2) is 0 Å². The van der Waals surface area contributed by atoms with Crippen molar-refractivity contribution in [1.82, 2.24) is 4.98 Å². The van der Waals surface area contributed by atoms with E-state index in [4.69, 9.17) is 5.11 Å². The Bertz CT molecular complexity index is 537. The molecular formula is C12H14BrN3O4. The number of carboxylic acid groups (broad SMARTS) is 1. The van der Waals surface area contributed by atoms with Crippen molar-refractivity contribution in [2.75, 3.05) is 18.0 Å². The number of rotatable bonds is 4. The van der Waals surface area contributed by atoms with Crippen LogP contribution in [0.4, 0.5) is 11.5 Å². The summed E-state index contributed by atoms with van der Waals surface area (Å²) >= 11 is 3.30. The van der Waals surface area contributed by atoms with Crippen LogP contribution in [0.1, 0.15) is 19.3 Å². The minimum Gasteiger partial charge on any atom is -0.481 e. The number of hydrogen-bond acceptors (Lipinski definition) is 5. The van der Waals surface area contributed by atoms with Gasteiger partial charge >= 0.3 is 5.97 Å². The van der Waals surface area contributed by atoms with E-state index in [2.05, 4.69) is 20.9 Å². The van der Waals surface area contributed by atoms with E-state index < -0.39 is 10.9 Å². The molecule has 0 amide bonds. The SMILES string of the molecule is O=C(O)CC1CCCN(c2ncc([N+](=O)[O-])cc2Br)C1. The normalized spacial score (nSPS) is 18.9. The fourth-order valence-corrected chi connectivity index (χ4v) is 3.01. The van der Waals surface area contributed by atoms with Crippen LogP contribution in [0.2, 0.25) is 0 Å². The summed E-state index contributed by atoms with van der Waals surface area (Å²) in [7, 11) is 0. The average Bonchev–Trinajstić information content (AvgIpc) is 2.38. The first-order chi connectivity index (χ1) is 9.47. The Morgan fingerprint density at radius 1 is 1.65 bits per heavy atom. The maximum atomic E-state index is 10.8. The Balaban J connectivity index is 2.14. The summed E-state index contributed by atoms with van der Waals surface area (Å²) in [5, 5.41) is 19.5. The number of aliphatic carboxylic acids is 1. The maximum Gasteiger partial charge on any atom is 0.303 e. The Morgan fingerprint density at radius 3 is 3.00 bits per heavy atom. The second kappa shape index (κ2) is 6.17. The molecule has 0 aromatic carbocycles. The number of pyridine rings is 1. The Hall–Kier alpha value is -1.70. The zero-order valence-corrected chi connectivity index (χ0v) is 12.2. The molecule has 8 heteroatoms. The van der Waals surface area contributed by atoms with Crippen LogP contribution in [-0.4, -0.2) is 34.1 Å². The standard InChI is InChI=1S/C12H14BrN3O4/c13-10-5-9(16(19)20)6-14-12(10)15-3-1-2-8(7-15)4-11(17)18/h5-6,8H,1-4,7H2,(H,17,18). The molecule has 7 nitrogen and oxygen atoms in total. The van der Waals surface area contributed by atoms with Gasteiger partial charge in [0.05, 0.1) is 9.40 Å². The van der Waals surface area contributed by atoms with Gasteiger partial charge in [-0.15, -0.1) is 0 Å². The van der Waals surface area contributed by atoms with Crippen molar-refractivity contribution in [2.24, 2.45) is 5.92 Å². The van der Waals surface area contributed by atoms with Crippen LogP contribution in [0, 0.1) is 16.0 Å². The van der Waals surface area contributed by atoms with Crippen LogP contribution in [0.3, 0.4) is 0 Å². The fourth-order valence-electron chi connectivity index (χ4n) is 2.42. The van der Waals surface area contributed by atoms with Gasteiger partial charge in [-0.2, -0.15) is 0 Å². The number of halogens is 1. The predicted octanol–water partition coefficient (Wildman–Crippen LogP) is 2.44. The van der Waals surface area contributed by atoms with Gasteiger partial charge in [-0.1, -0.05) is 0 Å². The third-order valence-corrected chi connectivity index (χ3v) is 3.88. The van der Waals surface area contributed by atoms with Gasteiger partial charge in [0.2, 0.25) is 0 Å². The molecule has 2 heterocycles. The lowest BCUT2D eigenvalue weighted by Gasteiger charge is -2.33. The summed E-state index contributed by atoms with van der Waals surface area (Å²) in [4.78, 5) is 27.1. The number of nitrogens with zero attached hydrogens (tertiary/aromatic N) is 3. The molecule has 0 saturated carbocycles. The third kappa shape index (κ3) is 3.44. The van der Waals surface area contributed by atoms with Gasteiger partial charge in [-0.3, -0.25) is 14.9 Å². The summed E-state index contributed by atoms with van der Waals surface area (Å²) in [6.45, 7) is 1.38. The summed E-state index contributed by atoms with van der Waals surface area (Å²) in [5.74, 6) is -0.0802. The minimum atomic E-state index is -0.799. The topological polar surface area (TPSA) is 96.6 Å². The van der Waals surface area contributed by atoms with Crippen molar-refractivity contribution >= 4 is 33.4 Å². The summed E-state index contributed by atoms with van der Waals surface area (Å²) in [6.07, 6.45) is 3.14. The van der Waals surface area contributed by atoms with Crippen LogP contribution < -0.4 is 4.90 Å². The predicted molar refractivity (Wildman–Crippen MR) is 75.8 cm³/mol. The van der Waals surface area contributed by atoms with Crippen molar-refractivity contribution in [3.05, 3.63) is 26.9 Å². The second-order valence-electron chi connectivity index (χ2n) is 4.81. The third-order valence-electron chi connectivity index (χ3n) is 3.30. The molecule has 0 bridgehead atoms. The number of carboxylic acids is 1. The van der Waals surface area contributed by atoms with Crippen LogP contribution in [-0.2, 0) is 4.79 Å². The van der Waals surface area contributed by atoms with Gasteiger partial charge in [0.25, 0.3) is 5.69 Å². The quantitative estimate of drug-likeness (QED) is 0.666. The fraction of sp³-hybridized carbons (Fsp3) is 0.500. The molecule has 1 unspecified atom stereocenters. The first-order valence-electron chi connectivity index (χ1n) is 6.24. The molecule has 1 aromatic rings. The first-order valence-corrected chi connectivity index (χ1v) is 7.03. The summed E-state index contributed by atoms with van der Waals surface area (Å²) < 4.78 is 0.558. The molecule has 20 heavy (non-hydrogen) atoms. The van der Waals surface area contributed by atoms with E-state index in [0.717, 1.165) is 19.4 Å². The minimum absolute atomic E-state index is 0.0697. The number of anilines is 1. The maximum absolute atomic E-state index is 10.8. The molecule has 1 aliphatic heterocycles. The number of carbonyl (C=O) groups is 1. The zero-order valence-electron chi connectivity index (χ0n) is 10.7. The van der Waals surface area contributed by atoms with Crippen LogP contribution in [0.5, 0.6) is 0 Å². The van der Waals surface area contributed by atoms with E-state index in [-0.39, 0.29) is 18.0 Å². The Morgan fingerprint density at radius 2 is 2.40 bits per heavy atom. The highest BCUT2D eigenvalue weighted by Crippen LogP contribution is 2.31. The molecule has 0 radical (unpaired) electrons. The molecule has 1 fully saturated rings. The Kier molecular flexibility index (Phi) is 4.53. The molecule has 2 rings (SSSR count). The highest BCUT2D eigenvalue weighted by atomic mass is 79.9. The van der Waals surface area contributed by atoms with Crippen molar-refractivity contribution in [2.45, 2.75) is 19.3 Å². The van der Waals surface area contributed by atoms with Gasteiger partial charge in [0.1, 0.15) is 12.0 Å². The number of piperidine rings is 1. The van der Waals surface area contributed by atoms with E-state index in [9.17, 15) is 14.9 Å². The Labute approximate surface area is 123 Å². The van der Waals surface area contributed by atoms with Crippen LogP contribution >= 0.6 is 15.9 Å². The van der Waals surface area contributed by atoms with Crippen molar-refractivity contribution in [3.8, 4) is 0 Å². The highest BCUT2D eigenvalue weighted by molar-refractivity contribution is 9.10. The lowest BCUT2D eigenvalue weighted by Crippen LogP contribution is -2.37. The lowest BCUT2D eigenvalue weighted by atomic mass is 9.95. The van der Waals surface area contributed by atoms with Crippen LogP contribution in [0.15, 0.2) is 16.7 Å². The van der Waals surface area contributed by atoms with E-state index in [1.165, 1.54) is 12.3 Å². The number of hydrogen-bond donors (Lipinski definition) is 1. The monoisotopic (exact) mass is 343 g/mol. The molecular weight excluding hydrogens is 330 g/mol. The first kappa shape index (κ1) is 14.7. The van der Waals surface area contributed by atoms with Gasteiger partial charge in [-0.05, 0) is 34.7 Å². The van der Waals surface area contributed by atoms with Gasteiger partial charge in [0, 0.05) is 25.6 Å². The van der Waals surface area contributed by atoms with Crippen molar-refractivity contribution in [3.63, 3.8) is 0 Å².